The summed E-state index contributed by atoms with van der Waals surface area (Å²) in [7, 11) is 0. The van der Waals surface area contributed by atoms with Crippen LogP contribution >= 0.6 is 11.8 Å². The number of anilines is 1. The minimum Gasteiger partial charge on any atom is -0.387 e. The van der Waals surface area contributed by atoms with Gasteiger partial charge in [0.15, 0.2) is 18.0 Å². The Morgan fingerprint density at radius 3 is 2.83 bits per heavy atom. The maximum absolute atomic E-state index is 14.1. The Morgan fingerprint density at radius 1 is 1.46 bits per heavy atom. The number of fused-ring (bicyclic) bond motifs is 1. The van der Waals surface area contributed by atoms with Crippen molar-refractivity contribution in [3.8, 4) is 0 Å². The molecule has 2 aromatic heterocycles. The zero-order chi connectivity index (χ0) is 17.1. The highest BCUT2D eigenvalue weighted by Gasteiger charge is 2.56. The summed E-state index contributed by atoms with van der Waals surface area (Å²) in [5.41, 5.74) is 6.10. The molecule has 2 aliphatic rings. The first-order valence-electron chi connectivity index (χ1n) is 7.31. The topological polar surface area (TPSA) is 99.1 Å². The Bertz CT molecular complexity index is 788. The van der Waals surface area contributed by atoms with Crippen LogP contribution in [0.2, 0.25) is 0 Å². The number of aromatic nitrogens is 4. The fraction of sp³-hybridized carbons (Fsp3) is 0.615. The Balaban J connectivity index is 1.69. The molecule has 2 aromatic rings. The first kappa shape index (κ1) is 15.9. The number of thioether (sulfide) groups is 1. The summed E-state index contributed by atoms with van der Waals surface area (Å²) in [6.45, 7) is -0.162. The van der Waals surface area contributed by atoms with E-state index in [1.54, 1.807) is 0 Å². The second-order valence-corrected chi connectivity index (χ2v) is 6.92. The number of rotatable bonds is 4. The van der Waals surface area contributed by atoms with Gasteiger partial charge in [-0.25, -0.2) is 27.8 Å². The molecule has 130 valence electrons. The average molecular weight is 361 g/mol. The fourth-order valence-electron chi connectivity index (χ4n) is 2.65. The van der Waals surface area contributed by atoms with Gasteiger partial charge in [-0.15, -0.1) is 11.8 Å². The summed E-state index contributed by atoms with van der Waals surface area (Å²) >= 11 is 1.11. The summed E-state index contributed by atoms with van der Waals surface area (Å²) in [5.74, 6) is -3.03. The van der Waals surface area contributed by atoms with Crippen LogP contribution in [0.5, 0.6) is 0 Å². The molecule has 0 radical (unpaired) electrons. The van der Waals surface area contributed by atoms with Gasteiger partial charge in [0.1, 0.15) is 23.3 Å². The summed E-state index contributed by atoms with van der Waals surface area (Å²) < 4.78 is 46.7. The highest BCUT2D eigenvalue weighted by molar-refractivity contribution is 7.99. The van der Waals surface area contributed by atoms with E-state index < -0.39 is 30.3 Å². The van der Waals surface area contributed by atoms with Gasteiger partial charge in [0.05, 0.1) is 12.0 Å². The Hall–Kier alpha value is -1.59. The quantitative estimate of drug-likeness (QED) is 0.794. The van der Waals surface area contributed by atoms with E-state index in [4.69, 9.17) is 10.5 Å². The predicted molar refractivity (Wildman–Crippen MR) is 79.4 cm³/mol. The lowest BCUT2D eigenvalue weighted by atomic mass is 10.2. The normalized spacial score (nSPS) is 31.7. The van der Waals surface area contributed by atoms with Crippen LogP contribution in [0, 0.1) is 5.92 Å². The van der Waals surface area contributed by atoms with Crippen LogP contribution in [0.15, 0.2) is 11.4 Å². The summed E-state index contributed by atoms with van der Waals surface area (Å²) in [6, 6.07) is 0. The number of alkyl halides is 3. The van der Waals surface area contributed by atoms with E-state index in [1.165, 1.54) is 11.0 Å². The largest absolute Gasteiger partial charge is 0.387 e. The van der Waals surface area contributed by atoms with E-state index in [1.807, 2.05) is 0 Å². The number of nitrogens with zero attached hydrogens (tertiary/aromatic N) is 4. The Morgan fingerprint density at radius 2 is 2.21 bits per heavy atom. The molecule has 4 atom stereocenters. The van der Waals surface area contributed by atoms with Crippen molar-refractivity contribution >= 4 is 28.6 Å². The molecule has 4 rings (SSSR count). The molecule has 1 aliphatic carbocycles. The smallest absolute Gasteiger partial charge is 0.252 e. The van der Waals surface area contributed by atoms with Gasteiger partial charge in [0.25, 0.3) is 5.92 Å². The van der Waals surface area contributed by atoms with Crippen molar-refractivity contribution < 1.29 is 23.0 Å². The molecule has 3 N–H and O–H groups in total. The molecule has 11 heteroatoms. The maximum Gasteiger partial charge on any atom is 0.252 e. The Labute approximate surface area is 138 Å². The third-order valence-corrected chi connectivity index (χ3v) is 5.31. The molecule has 7 nitrogen and oxygen atoms in total. The maximum atomic E-state index is 14.1. The van der Waals surface area contributed by atoms with Crippen molar-refractivity contribution in [3.05, 3.63) is 6.33 Å². The van der Waals surface area contributed by atoms with Crippen LogP contribution in [0.4, 0.5) is 19.0 Å². The lowest BCUT2D eigenvalue weighted by molar-refractivity contribution is 0.0137. The number of ether oxygens (including phenoxy) is 1. The number of hydrogen-bond donors (Lipinski definition) is 2. The lowest BCUT2D eigenvalue weighted by Gasteiger charge is -2.13. The predicted octanol–water partition coefficient (Wildman–Crippen LogP) is 1.38. The van der Waals surface area contributed by atoms with Crippen LogP contribution in [0.25, 0.3) is 11.0 Å². The molecule has 2 fully saturated rings. The second kappa shape index (κ2) is 5.46. The van der Waals surface area contributed by atoms with E-state index in [0.29, 0.717) is 10.4 Å². The number of aliphatic hydroxyl groups excluding tert-OH is 1. The molecule has 1 aliphatic heterocycles. The molecule has 0 amide bonds. The number of nitrogens with two attached hydrogens (primary N) is 1. The van der Waals surface area contributed by atoms with Gasteiger partial charge in [-0.05, 0) is 0 Å². The molecular formula is C13H14F3N5O2S. The fourth-order valence-corrected chi connectivity index (χ4v) is 3.86. The van der Waals surface area contributed by atoms with Crippen LogP contribution in [-0.2, 0) is 4.74 Å². The van der Waals surface area contributed by atoms with Gasteiger partial charge in [-0.3, -0.25) is 0 Å². The first-order valence-corrected chi connectivity index (χ1v) is 8.30. The number of aliphatic hydroxyl groups is 1. The molecule has 24 heavy (non-hydrogen) atoms. The molecule has 3 heterocycles. The van der Waals surface area contributed by atoms with Crippen LogP contribution in [0.3, 0.4) is 0 Å². The highest BCUT2D eigenvalue weighted by Crippen LogP contribution is 2.51. The summed E-state index contributed by atoms with van der Waals surface area (Å²) in [5, 5.41) is 14.5. The van der Waals surface area contributed by atoms with Gasteiger partial charge in [0.2, 0.25) is 0 Å². The summed E-state index contributed by atoms with van der Waals surface area (Å²) in [6.07, 6.45) is -3.01. The first-order chi connectivity index (χ1) is 11.4. The summed E-state index contributed by atoms with van der Waals surface area (Å²) in [4.78, 5) is 7.94. The molecular weight excluding hydrogens is 347 g/mol. The van der Waals surface area contributed by atoms with Gasteiger partial charge in [0, 0.05) is 18.1 Å². The van der Waals surface area contributed by atoms with Crippen molar-refractivity contribution in [1.29, 1.82) is 0 Å². The molecule has 1 saturated heterocycles. The minimum absolute atomic E-state index is 0.130. The van der Waals surface area contributed by atoms with Crippen molar-refractivity contribution in [2.75, 3.05) is 18.1 Å². The van der Waals surface area contributed by atoms with E-state index in [2.05, 4.69) is 15.1 Å². The standard InChI is InChI=1S/C13H14F3N5O2S/c14-8-6(22)2-23-12(8)21-10-7(9(17)18-4-19-10)11(20-21)24-3-5-1-13(5,15)16/h4-6,8,12,22H,1-3H2,(H2,17,18,19)/t5-,6-,8+,12-/m1/s1. The van der Waals surface area contributed by atoms with E-state index in [0.717, 1.165) is 11.8 Å². The molecule has 0 unspecified atom stereocenters. The van der Waals surface area contributed by atoms with Gasteiger partial charge in [-0.2, -0.15) is 5.10 Å². The molecule has 0 bridgehead atoms. The van der Waals surface area contributed by atoms with Crippen molar-refractivity contribution in [1.82, 2.24) is 19.7 Å². The third-order valence-electron chi connectivity index (χ3n) is 4.18. The molecule has 0 aromatic carbocycles. The second-order valence-electron chi connectivity index (χ2n) is 5.92. The Kier molecular flexibility index (Phi) is 3.62. The van der Waals surface area contributed by atoms with Gasteiger partial charge >= 0.3 is 0 Å². The van der Waals surface area contributed by atoms with E-state index >= 15 is 0 Å². The van der Waals surface area contributed by atoms with Crippen molar-refractivity contribution in [3.63, 3.8) is 0 Å². The zero-order valence-electron chi connectivity index (χ0n) is 12.3. The molecule has 0 spiro atoms. The number of hydrogen-bond acceptors (Lipinski definition) is 7. The highest BCUT2D eigenvalue weighted by atomic mass is 32.2. The van der Waals surface area contributed by atoms with Crippen LogP contribution in [0.1, 0.15) is 12.6 Å². The zero-order valence-corrected chi connectivity index (χ0v) is 13.1. The third kappa shape index (κ3) is 2.50. The van der Waals surface area contributed by atoms with Crippen LogP contribution in [-0.4, -0.2) is 55.4 Å². The van der Waals surface area contributed by atoms with Crippen molar-refractivity contribution in [2.45, 2.75) is 35.9 Å². The van der Waals surface area contributed by atoms with E-state index in [-0.39, 0.29) is 30.2 Å². The van der Waals surface area contributed by atoms with E-state index in [9.17, 15) is 18.3 Å². The van der Waals surface area contributed by atoms with Crippen molar-refractivity contribution in [2.24, 2.45) is 5.92 Å². The number of nitrogen functional groups attached to an aromatic ring is 1. The monoisotopic (exact) mass is 361 g/mol. The minimum atomic E-state index is -2.63. The van der Waals surface area contributed by atoms with Gasteiger partial charge in [-0.1, -0.05) is 0 Å². The average Bonchev–Trinajstić information content (AvgIpc) is 2.84. The SMILES string of the molecule is Nc1ncnc2c1c(SC[C@H]1CC1(F)F)nn2[C@@H]1OC[C@@H](O)[C@@H]1F. The van der Waals surface area contributed by atoms with Crippen LogP contribution < -0.4 is 5.73 Å². The molecule has 1 saturated carbocycles. The number of halogens is 3. The van der Waals surface area contributed by atoms with Gasteiger partial charge < -0.3 is 15.6 Å². The lowest BCUT2D eigenvalue weighted by Crippen LogP contribution is -2.25.